The van der Waals surface area contributed by atoms with Crippen molar-refractivity contribution in [1.29, 1.82) is 0 Å². The minimum Gasteiger partial charge on any atom is -0.481 e. The number of nitrogens with one attached hydrogen (secondary N) is 2. The lowest BCUT2D eigenvalue weighted by atomic mass is 10.0. The van der Waals surface area contributed by atoms with Gasteiger partial charge in [0.1, 0.15) is 18.1 Å². The van der Waals surface area contributed by atoms with Gasteiger partial charge < -0.3 is 31.7 Å². The molecule has 0 aromatic carbocycles. The van der Waals surface area contributed by atoms with Gasteiger partial charge in [-0.15, -0.1) is 0 Å². The molecule has 126 valence electrons. The summed E-state index contributed by atoms with van der Waals surface area (Å²) in [4.78, 5) is 45.1. The highest BCUT2D eigenvalue weighted by Crippen LogP contribution is 2.04. The Hall–Kier alpha value is -2.20. The van der Waals surface area contributed by atoms with Crippen molar-refractivity contribution in [2.45, 2.75) is 38.4 Å². The predicted molar refractivity (Wildman–Crippen MR) is 73.6 cm³/mol. The first-order chi connectivity index (χ1) is 10.1. The van der Waals surface area contributed by atoms with Gasteiger partial charge in [-0.05, 0) is 5.92 Å². The molecule has 7 N–H and O–H groups in total. The summed E-state index contributed by atoms with van der Waals surface area (Å²) in [6.45, 7) is 2.58. The van der Waals surface area contributed by atoms with E-state index >= 15 is 0 Å². The summed E-state index contributed by atoms with van der Waals surface area (Å²) in [6.07, 6.45) is -0.796. The Bertz CT molecular complexity index is 438. The molecular formula is C12H21N3O7. The molecule has 0 aliphatic heterocycles. The second-order valence-corrected chi connectivity index (χ2v) is 5.02. The molecule has 0 aliphatic rings. The van der Waals surface area contributed by atoms with Crippen molar-refractivity contribution >= 4 is 23.8 Å². The molecule has 22 heavy (non-hydrogen) atoms. The fraction of sp³-hybridized carbons (Fsp3) is 0.667. The highest BCUT2D eigenvalue weighted by Gasteiger charge is 2.30. The fourth-order valence-corrected chi connectivity index (χ4v) is 1.51. The lowest BCUT2D eigenvalue weighted by Gasteiger charge is -2.24. The van der Waals surface area contributed by atoms with Crippen LogP contribution in [0.25, 0.3) is 0 Å². The number of aliphatic hydroxyl groups excluding tert-OH is 1. The first-order valence-electron chi connectivity index (χ1n) is 6.51. The third kappa shape index (κ3) is 6.50. The third-order valence-corrected chi connectivity index (χ3v) is 2.77. The quantitative estimate of drug-likeness (QED) is 0.269. The number of amides is 2. The highest BCUT2D eigenvalue weighted by molar-refractivity contribution is 5.92. The third-order valence-electron chi connectivity index (χ3n) is 2.77. The number of rotatable bonds is 9. The van der Waals surface area contributed by atoms with Gasteiger partial charge in [-0.2, -0.15) is 0 Å². The number of nitrogens with two attached hydrogens (primary N) is 1. The van der Waals surface area contributed by atoms with Crippen molar-refractivity contribution in [3.63, 3.8) is 0 Å². The fourth-order valence-electron chi connectivity index (χ4n) is 1.51. The SMILES string of the molecule is CC(C)C(NC(=O)C(N)CO)C(=O)NC(CC(=O)O)C(=O)O. The summed E-state index contributed by atoms with van der Waals surface area (Å²) in [7, 11) is 0. The van der Waals surface area contributed by atoms with Crippen LogP contribution in [0.5, 0.6) is 0 Å². The largest absolute Gasteiger partial charge is 0.481 e. The number of carbonyl (C=O) groups excluding carboxylic acids is 2. The average molecular weight is 319 g/mol. The zero-order valence-corrected chi connectivity index (χ0v) is 12.3. The van der Waals surface area contributed by atoms with Gasteiger partial charge in [0.05, 0.1) is 13.0 Å². The molecule has 10 nitrogen and oxygen atoms in total. The van der Waals surface area contributed by atoms with Crippen LogP contribution in [0, 0.1) is 5.92 Å². The smallest absolute Gasteiger partial charge is 0.326 e. The molecule has 3 atom stereocenters. The summed E-state index contributed by atoms with van der Waals surface area (Å²) < 4.78 is 0. The van der Waals surface area contributed by atoms with Crippen LogP contribution in [-0.2, 0) is 19.2 Å². The van der Waals surface area contributed by atoms with Crippen LogP contribution < -0.4 is 16.4 Å². The number of hydrogen-bond donors (Lipinski definition) is 6. The maximum absolute atomic E-state index is 12.0. The van der Waals surface area contributed by atoms with E-state index in [2.05, 4.69) is 10.6 Å². The minimum absolute atomic E-state index is 0.408. The minimum atomic E-state index is -1.62. The topological polar surface area (TPSA) is 179 Å². The molecule has 0 rings (SSSR count). The molecule has 0 radical (unpaired) electrons. The van der Waals surface area contributed by atoms with Gasteiger partial charge in [-0.3, -0.25) is 14.4 Å². The Morgan fingerprint density at radius 3 is 1.95 bits per heavy atom. The van der Waals surface area contributed by atoms with Crippen LogP contribution in [0.2, 0.25) is 0 Å². The van der Waals surface area contributed by atoms with E-state index in [1.165, 1.54) is 0 Å². The van der Waals surface area contributed by atoms with E-state index in [-0.39, 0.29) is 0 Å². The van der Waals surface area contributed by atoms with E-state index in [0.29, 0.717) is 0 Å². The van der Waals surface area contributed by atoms with Crippen molar-refractivity contribution in [3.8, 4) is 0 Å². The molecule has 0 saturated heterocycles. The van der Waals surface area contributed by atoms with Gasteiger partial charge in [-0.25, -0.2) is 4.79 Å². The summed E-state index contributed by atoms with van der Waals surface area (Å²) in [5.74, 6) is -4.92. The van der Waals surface area contributed by atoms with E-state index in [1.807, 2.05) is 0 Å². The lowest BCUT2D eigenvalue weighted by molar-refractivity contribution is -0.147. The van der Waals surface area contributed by atoms with E-state index in [0.717, 1.165) is 0 Å². The van der Waals surface area contributed by atoms with Crippen molar-refractivity contribution < 1.29 is 34.5 Å². The zero-order valence-electron chi connectivity index (χ0n) is 12.3. The van der Waals surface area contributed by atoms with Crippen molar-refractivity contribution in [2.75, 3.05) is 6.61 Å². The number of carboxylic acid groups (broad SMARTS) is 2. The van der Waals surface area contributed by atoms with Gasteiger partial charge in [0.25, 0.3) is 0 Å². The van der Waals surface area contributed by atoms with Crippen LogP contribution in [0.1, 0.15) is 20.3 Å². The summed E-state index contributed by atoms with van der Waals surface area (Å²) in [5.41, 5.74) is 5.31. The molecule has 0 fully saturated rings. The standard InChI is InChI=1S/C12H21N3O7/c1-5(2)9(15-10(19)6(13)4-16)11(20)14-7(12(21)22)3-8(17)18/h5-7,9,16H,3-4,13H2,1-2H3,(H,14,20)(H,15,19)(H,17,18)(H,21,22). The Balaban J connectivity index is 4.95. The normalized spacial score (nSPS) is 14.8. The number of carbonyl (C=O) groups is 4. The molecule has 0 heterocycles. The van der Waals surface area contributed by atoms with E-state index in [4.69, 9.17) is 21.1 Å². The van der Waals surface area contributed by atoms with Crippen molar-refractivity contribution in [1.82, 2.24) is 10.6 Å². The molecule has 0 aromatic heterocycles. The van der Waals surface area contributed by atoms with Gasteiger partial charge >= 0.3 is 11.9 Å². The molecule has 3 unspecified atom stereocenters. The Kier molecular flexibility index (Phi) is 8.05. The van der Waals surface area contributed by atoms with Crippen LogP contribution >= 0.6 is 0 Å². The summed E-state index contributed by atoms with van der Waals surface area (Å²) in [5, 5.41) is 30.6. The molecule has 0 bridgehead atoms. The van der Waals surface area contributed by atoms with Crippen molar-refractivity contribution in [2.24, 2.45) is 11.7 Å². The average Bonchev–Trinajstić information content (AvgIpc) is 2.41. The second-order valence-electron chi connectivity index (χ2n) is 5.02. The molecule has 0 saturated carbocycles. The number of aliphatic carboxylic acids is 2. The monoisotopic (exact) mass is 319 g/mol. The van der Waals surface area contributed by atoms with Crippen LogP contribution in [-0.4, -0.2) is 63.8 Å². The van der Waals surface area contributed by atoms with Crippen molar-refractivity contribution in [3.05, 3.63) is 0 Å². The Morgan fingerprint density at radius 1 is 1.05 bits per heavy atom. The van der Waals surface area contributed by atoms with Gasteiger partial charge in [0, 0.05) is 0 Å². The predicted octanol–water partition coefficient (Wildman–Crippen LogP) is -2.51. The first-order valence-corrected chi connectivity index (χ1v) is 6.51. The lowest BCUT2D eigenvalue weighted by Crippen LogP contribution is -2.57. The van der Waals surface area contributed by atoms with Gasteiger partial charge in [0.2, 0.25) is 11.8 Å². The summed E-state index contributed by atoms with van der Waals surface area (Å²) >= 11 is 0. The number of aliphatic hydroxyl groups is 1. The Labute approximate surface area is 126 Å². The molecular weight excluding hydrogens is 298 g/mol. The number of carboxylic acids is 2. The molecule has 0 aliphatic carbocycles. The maximum atomic E-state index is 12.0. The van der Waals surface area contributed by atoms with Gasteiger partial charge in [0.15, 0.2) is 0 Å². The van der Waals surface area contributed by atoms with E-state index in [9.17, 15) is 19.2 Å². The maximum Gasteiger partial charge on any atom is 0.326 e. The van der Waals surface area contributed by atoms with E-state index < -0.39 is 60.8 Å². The van der Waals surface area contributed by atoms with Crippen LogP contribution in [0.15, 0.2) is 0 Å². The Morgan fingerprint density at radius 2 is 1.59 bits per heavy atom. The second kappa shape index (κ2) is 8.95. The molecule has 10 heteroatoms. The highest BCUT2D eigenvalue weighted by atomic mass is 16.4. The zero-order chi connectivity index (χ0) is 17.4. The first kappa shape index (κ1) is 19.8. The summed E-state index contributed by atoms with van der Waals surface area (Å²) in [6, 6.07) is -3.95. The molecule has 0 aromatic rings. The van der Waals surface area contributed by atoms with E-state index in [1.54, 1.807) is 13.8 Å². The van der Waals surface area contributed by atoms with Crippen LogP contribution in [0.3, 0.4) is 0 Å². The van der Waals surface area contributed by atoms with Gasteiger partial charge in [-0.1, -0.05) is 13.8 Å². The number of hydrogen-bond acceptors (Lipinski definition) is 6. The molecule has 0 spiro atoms. The van der Waals surface area contributed by atoms with Crippen LogP contribution in [0.4, 0.5) is 0 Å². The molecule has 2 amide bonds.